The quantitative estimate of drug-likeness (QED) is 0.337. The van der Waals surface area contributed by atoms with Crippen LogP contribution < -0.4 is 16.4 Å². The van der Waals surface area contributed by atoms with E-state index in [0.717, 1.165) is 17.6 Å². The smallest absolute Gasteiger partial charge is 0.265 e. The third kappa shape index (κ3) is 4.69. The molecule has 2 atom stereocenters. The number of aliphatic hydroxyl groups is 1. The van der Waals surface area contributed by atoms with Gasteiger partial charge in [-0.15, -0.1) is 0 Å². The maximum absolute atomic E-state index is 13.9. The summed E-state index contributed by atoms with van der Waals surface area (Å²) < 4.78 is 56.0. The second kappa shape index (κ2) is 9.60. The lowest BCUT2D eigenvalue weighted by Crippen LogP contribution is -2.63. The Hall–Kier alpha value is -3.77. The number of fused-ring (bicyclic) bond motifs is 1. The van der Waals surface area contributed by atoms with E-state index in [0.29, 0.717) is 41.0 Å². The lowest BCUT2D eigenvalue weighted by molar-refractivity contribution is -0.0529. The standard InChI is InChI=1S/C25H25F4N7O/c26-16-3-2-14(8-17(16)27)18-9-15(11-36-13-34-21-19(36)4-6-32-24(21)30)20(10-33-18)35-7-1-5-25(31,12-35)22(37)23(28)29/h2-4,6,8-10,13,22-23,37H,1,5,7,11-12,31H2,(H2,30,32)/t22-,25-/m1/s1. The topological polar surface area (TPSA) is 119 Å². The molecule has 1 aliphatic rings. The molecule has 5 rings (SSSR count). The Kier molecular flexibility index (Phi) is 6.46. The van der Waals surface area contributed by atoms with E-state index in [1.54, 1.807) is 30.9 Å². The van der Waals surface area contributed by atoms with Crippen LogP contribution in [0.25, 0.3) is 22.3 Å². The molecule has 1 aromatic carbocycles. The number of aliphatic hydroxyl groups excluding tert-OH is 1. The number of nitrogens with two attached hydrogens (primary N) is 2. The number of imidazole rings is 1. The van der Waals surface area contributed by atoms with Gasteiger partial charge in [0.2, 0.25) is 0 Å². The van der Waals surface area contributed by atoms with Gasteiger partial charge in [0.15, 0.2) is 17.5 Å². The van der Waals surface area contributed by atoms with Crippen molar-refractivity contribution in [2.24, 2.45) is 5.73 Å². The van der Waals surface area contributed by atoms with Crippen molar-refractivity contribution in [2.75, 3.05) is 23.7 Å². The minimum absolute atomic E-state index is 0.0146. The zero-order chi connectivity index (χ0) is 26.3. The second-order valence-corrected chi connectivity index (χ2v) is 9.30. The van der Waals surface area contributed by atoms with Gasteiger partial charge in [-0.3, -0.25) is 4.98 Å². The van der Waals surface area contributed by atoms with Gasteiger partial charge in [-0.2, -0.15) is 0 Å². The Morgan fingerprint density at radius 1 is 1.08 bits per heavy atom. The molecule has 194 valence electrons. The van der Waals surface area contributed by atoms with E-state index >= 15 is 0 Å². The van der Waals surface area contributed by atoms with Crippen LogP contribution in [0.4, 0.5) is 29.1 Å². The number of anilines is 2. The average Bonchev–Trinajstić information content (AvgIpc) is 3.29. The summed E-state index contributed by atoms with van der Waals surface area (Å²) in [5.41, 5.74) is 14.0. The van der Waals surface area contributed by atoms with Crippen LogP contribution >= 0.6 is 0 Å². The van der Waals surface area contributed by atoms with Gasteiger partial charge in [0, 0.05) is 24.8 Å². The summed E-state index contributed by atoms with van der Waals surface area (Å²) in [6, 6.07) is 7.01. The van der Waals surface area contributed by atoms with E-state index in [1.807, 2.05) is 9.47 Å². The molecule has 3 aromatic heterocycles. The molecule has 1 fully saturated rings. The minimum atomic E-state index is -2.98. The van der Waals surface area contributed by atoms with Crippen molar-refractivity contribution < 1.29 is 22.7 Å². The molecule has 0 radical (unpaired) electrons. The van der Waals surface area contributed by atoms with Crippen molar-refractivity contribution in [1.82, 2.24) is 19.5 Å². The van der Waals surface area contributed by atoms with Crippen LogP contribution in [-0.2, 0) is 6.54 Å². The van der Waals surface area contributed by atoms with Crippen molar-refractivity contribution in [3.8, 4) is 11.3 Å². The predicted octanol–water partition coefficient (Wildman–Crippen LogP) is 3.33. The van der Waals surface area contributed by atoms with E-state index < -0.39 is 29.7 Å². The number of nitrogens with zero attached hydrogens (tertiary/aromatic N) is 5. The average molecular weight is 516 g/mol. The summed E-state index contributed by atoms with van der Waals surface area (Å²) in [7, 11) is 0. The van der Waals surface area contributed by atoms with Gasteiger partial charge in [0.1, 0.15) is 11.6 Å². The van der Waals surface area contributed by atoms with Crippen molar-refractivity contribution in [2.45, 2.75) is 37.5 Å². The molecule has 4 heterocycles. The van der Waals surface area contributed by atoms with E-state index in [4.69, 9.17) is 11.5 Å². The van der Waals surface area contributed by atoms with Crippen LogP contribution in [0.3, 0.4) is 0 Å². The zero-order valence-electron chi connectivity index (χ0n) is 19.7. The number of benzene rings is 1. The largest absolute Gasteiger partial charge is 0.385 e. The molecule has 0 bridgehead atoms. The van der Waals surface area contributed by atoms with Gasteiger partial charge >= 0.3 is 0 Å². The van der Waals surface area contributed by atoms with Crippen LogP contribution in [0.1, 0.15) is 18.4 Å². The molecule has 0 spiro atoms. The molecule has 37 heavy (non-hydrogen) atoms. The first-order valence-corrected chi connectivity index (χ1v) is 11.7. The molecule has 8 nitrogen and oxygen atoms in total. The number of halogens is 4. The molecule has 12 heteroatoms. The highest BCUT2D eigenvalue weighted by molar-refractivity contribution is 5.84. The molecule has 4 aromatic rings. The Labute approximate surface area is 209 Å². The molecule has 0 amide bonds. The summed E-state index contributed by atoms with van der Waals surface area (Å²) in [6.45, 7) is 0.773. The SMILES string of the molecule is Nc1nccc2c1ncn2Cc1cc(-c2ccc(F)c(F)c2)ncc1N1CCC[C@](N)([C@H](O)C(F)F)C1. The number of piperidine rings is 1. The maximum Gasteiger partial charge on any atom is 0.265 e. The lowest BCUT2D eigenvalue weighted by atomic mass is 9.84. The summed E-state index contributed by atoms with van der Waals surface area (Å²) in [5.74, 6) is -1.70. The van der Waals surface area contributed by atoms with Crippen LogP contribution in [-0.4, -0.2) is 55.8 Å². The van der Waals surface area contributed by atoms with Gasteiger partial charge in [-0.1, -0.05) is 0 Å². The first kappa shape index (κ1) is 24.9. The molecule has 0 unspecified atom stereocenters. The fourth-order valence-electron chi connectivity index (χ4n) is 4.85. The Morgan fingerprint density at radius 3 is 2.65 bits per heavy atom. The summed E-state index contributed by atoms with van der Waals surface area (Å²) in [5, 5.41) is 10.1. The van der Waals surface area contributed by atoms with Crippen LogP contribution in [0.2, 0.25) is 0 Å². The van der Waals surface area contributed by atoms with Gasteiger partial charge in [0.05, 0.1) is 41.5 Å². The van der Waals surface area contributed by atoms with Crippen molar-refractivity contribution in [3.05, 3.63) is 66.3 Å². The predicted molar refractivity (Wildman–Crippen MR) is 131 cm³/mol. The van der Waals surface area contributed by atoms with Crippen LogP contribution in [0, 0.1) is 11.6 Å². The number of hydrogen-bond donors (Lipinski definition) is 3. The fraction of sp³-hybridized carbons (Fsp3) is 0.320. The first-order chi connectivity index (χ1) is 17.7. The Bertz CT molecular complexity index is 1450. The molecule has 0 saturated carbocycles. The molecular weight excluding hydrogens is 490 g/mol. The third-order valence-electron chi connectivity index (χ3n) is 6.81. The Balaban J connectivity index is 1.58. The molecule has 5 N–H and O–H groups in total. The number of alkyl halides is 2. The molecule has 1 aliphatic heterocycles. The van der Waals surface area contributed by atoms with Crippen molar-refractivity contribution in [1.29, 1.82) is 0 Å². The van der Waals surface area contributed by atoms with Crippen LogP contribution in [0.15, 0.2) is 49.1 Å². The summed E-state index contributed by atoms with van der Waals surface area (Å²) in [6.07, 6.45) is 0.491. The molecule has 1 saturated heterocycles. The normalized spacial score (nSPS) is 19.1. The number of nitrogen functional groups attached to an aromatic ring is 1. The third-order valence-corrected chi connectivity index (χ3v) is 6.81. The highest BCUT2D eigenvalue weighted by Crippen LogP contribution is 2.33. The molecular formula is C25H25F4N7O. The van der Waals surface area contributed by atoms with Crippen molar-refractivity contribution >= 4 is 22.5 Å². The maximum atomic E-state index is 13.9. The first-order valence-electron chi connectivity index (χ1n) is 11.7. The van der Waals surface area contributed by atoms with Gasteiger partial charge in [-0.05, 0) is 48.7 Å². The van der Waals surface area contributed by atoms with E-state index in [2.05, 4.69) is 15.0 Å². The van der Waals surface area contributed by atoms with Gasteiger partial charge in [-0.25, -0.2) is 27.5 Å². The number of rotatable bonds is 6. The van der Waals surface area contributed by atoms with Crippen molar-refractivity contribution in [3.63, 3.8) is 0 Å². The monoisotopic (exact) mass is 515 g/mol. The zero-order valence-corrected chi connectivity index (χ0v) is 19.7. The summed E-state index contributed by atoms with van der Waals surface area (Å²) >= 11 is 0. The Morgan fingerprint density at radius 2 is 1.89 bits per heavy atom. The van der Waals surface area contributed by atoms with E-state index in [9.17, 15) is 22.7 Å². The summed E-state index contributed by atoms with van der Waals surface area (Å²) in [4.78, 5) is 14.7. The fourth-order valence-corrected chi connectivity index (χ4v) is 4.85. The highest BCUT2D eigenvalue weighted by Gasteiger charge is 2.43. The van der Waals surface area contributed by atoms with Gasteiger partial charge in [0.25, 0.3) is 6.43 Å². The second-order valence-electron chi connectivity index (χ2n) is 9.30. The van der Waals surface area contributed by atoms with Gasteiger partial charge < -0.3 is 26.0 Å². The molecule has 0 aliphatic carbocycles. The van der Waals surface area contributed by atoms with Crippen LogP contribution in [0.5, 0.6) is 0 Å². The van der Waals surface area contributed by atoms with E-state index in [1.165, 1.54) is 6.07 Å². The highest BCUT2D eigenvalue weighted by atomic mass is 19.3. The number of hydrogen-bond acceptors (Lipinski definition) is 7. The van der Waals surface area contributed by atoms with E-state index in [-0.39, 0.29) is 25.3 Å². The minimum Gasteiger partial charge on any atom is -0.385 e. The number of aromatic nitrogens is 4. The lowest BCUT2D eigenvalue weighted by Gasteiger charge is -2.44. The number of pyridine rings is 2.